The van der Waals surface area contributed by atoms with Crippen LogP contribution in [-0.4, -0.2) is 37.2 Å². The molecule has 1 aliphatic rings. The van der Waals surface area contributed by atoms with E-state index >= 15 is 0 Å². The smallest absolute Gasteiger partial charge is 0.308 e. The highest BCUT2D eigenvalue weighted by Crippen LogP contribution is 2.34. The van der Waals surface area contributed by atoms with E-state index < -0.39 is 33.2 Å². The van der Waals surface area contributed by atoms with E-state index in [1.165, 1.54) is 12.1 Å². The lowest BCUT2D eigenvalue weighted by Gasteiger charge is -2.39. The van der Waals surface area contributed by atoms with E-state index in [1.807, 2.05) is 0 Å². The number of rotatable bonds is 4. The predicted molar refractivity (Wildman–Crippen MR) is 77.3 cm³/mol. The molecule has 2 atom stereocenters. The SMILES string of the molecule is C[C@@]1(NC(=O)c2ccc(S(C)(=O)=O)o2)CCCC[C@H]1C(=O)O. The lowest BCUT2D eigenvalue weighted by atomic mass is 9.74. The van der Waals surface area contributed by atoms with Crippen LogP contribution < -0.4 is 5.32 Å². The molecule has 2 N–H and O–H groups in total. The zero-order valence-corrected chi connectivity index (χ0v) is 13.3. The van der Waals surface area contributed by atoms with Crippen LogP contribution in [0.5, 0.6) is 0 Å². The summed E-state index contributed by atoms with van der Waals surface area (Å²) in [5.74, 6) is -2.37. The maximum absolute atomic E-state index is 12.2. The van der Waals surface area contributed by atoms with Crippen LogP contribution in [0.2, 0.25) is 0 Å². The first-order chi connectivity index (χ1) is 10.1. The third-order valence-corrected chi connectivity index (χ3v) is 5.03. The van der Waals surface area contributed by atoms with Crippen molar-refractivity contribution >= 4 is 21.7 Å². The standard InChI is InChI=1S/C14H19NO6S/c1-14(8-4-3-5-9(14)13(17)18)15-12(16)10-6-7-11(21-10)22(2,19)20/h6-7,9H,3-5,8H2,1-2H3,(H,15,16)(H,17,18)/t9-,14+/m0/s1. The third kappa shape index (κ3) is 3.32. The first-order valence-electron chi connectivity index (χ1n) is 6.99. The van der Waals surface area contributed by atoms with Crippen molar-refractivity contribution in [2.45, 2.75) is 43.2 Å². The van der Waals surface area contributed by atoms with Gasteiger partial charge < -0.3 is 14.8 Å². The number of hydrogen-bond acceptors (Lipinski definition) is 5. The minimum Gasteiger partial charge on any atom is -0.481 e. The number of carboxylic acids is 1. The van der Waals surface area contributed by atoms with E-state index in [0.29, 0.717) is 12.8 Å². The monoisotopic (exact) mass is 329 g/mol. The number of aliphatic carboxylic acids is 1. The minimum absolute atomic E-state index is 0.142. The van der Waals surface area contributed by atoms with Gasteiger partial charge in [-0.15, -0.1) is 0 Å². The highest BCUT2D eigenvalue weighted by atomic mass is 32.2. The Morgan fingerprint density at radius 2 is 2.05 bits per heavy atom. The molecule has 0 saturated heterocycles. The van der Waals surface area contributed by atoms with Crippen LogP contribution in [0.15, 0.2) is 21.6 Å². The second kappa shape index (κ2) is 5.75. The van der Waals surface area contributed by atoms with Gasteiger partial charge in [-0.05, 0) is 31.9 Å². The van der Waals surface area contributed by atoms with E-state index in [-0.39, 0.29) is 10.9 Å². The summed E-state index contributed by atoms with van der Waals surface area (Å²) in [7, 11) is -3.53. The number of nitrogens with one attached hydrogen (secondary N) is 1. The lowest BCUT2D eigenvalue weighted by molar-refractivity contribution is -0.145. The van der Waals surface area contributed by atoms with Crippen LogP contribution in [0.4, 0.5) is 0 Å². The summed E-state index contributed by atoms with van der Waals surface area (Å²) in [6.45, 7) is 1.70. The van der Waals surface area contributed by atoms with E-state index in [9.17, 15) is 23.1 Å². The molecule has 1 heterocycles. The zero-order valence-electron chi connectivity index (χ0n) is 12.5. The normalized spacial score (nSPS) is 25.6. The van der Waals surface area contributed by atoms with Crippen molar-refractivity contribution in [2.75, 3.05) is 6.26 Å². The molecule has 0 aliphatic heterocycles. The molecule has 0 bridgehead atoms. The van der Waals surface area contributed by atoms with Gasteiger partial charge in [0.1, 0.15) is 0 Å². The summed E-state index contributed by atoms with van der Waals surface area (Å²) in [5, 5.41) is 11.7. The Kier molecular flexibility index (Phi) is 4.32. The van der Waals surface area contributed by atoms with Crippen molar-refractivity contribution in [1.82, 2.24) is 5.32 Å². The number of furan rings is 1. The summed E-state index contributed by atoms with van der Waals surface area (Å²) < 4.78 is 27.8. The quantitative estimate of drug-likeness (QED) is 0.864. The van der Waals surface area contributed by atoms with Crippen LogP contribution in [0, 0.1) is 5.92 Å². The molecular formula is C14H19NO6S. The molecule has 0 radical (unpaired) electrons. The largest absolute Gasteiger partial charge is 0.481 e. The maximum atomic E-state index is 12.2. The second-order valence-corrected chi connectivity index (χ2v) is 7.85. The van der Waals surface area contributed by atoms with Crippen LogP contribution >= 0.6 is 0 Å². The minimum atomic E-state index is -3.53. The fraction of sp³-hybridized carbons (Fsp3) is 0.571. The average Bonchev–Trinajstić information content (AvgIpc) is 2.87. The highest BCUT2D eigenvalue weighted by Gasteiger charge is 2.42. The third-order valence-electron chi connectivity index (χ3n) is 4.08. The Labute approximate surface area is 128 Å². The van der Waals surface area contributed by atoms with Gasteiger partial charge in [0.15, 0.2) is 5.76 Å². The molecular weight excluding hydrogens is 310 g/mol. The molecule has 1 saturated carbocycles. The number of carbonyl (C=O) groups excluding carboxylic acids is 1. The molecule has 1 aliphatic carbocycles. The predicted octanol–water partition coefficient (Wildman–Crippen LogP) is 1.45. The van der Waals surface area contributed by atoms with E-state index in [0.717, 1.165) is 19.1 Å². The fourth-order valence-corrected chi connectivity index (χ4v) is 3.40. The van der Waals surface area contributed by atoms with Crippen LogP contribution in [0.25, 0.3) is 0 Å². The Balaban J connectivity index is 2.20. The van der Waals surface area contributed by atoms with Gasteiger partial charge >= 0.3 is 5.97 Å². The molecule has 0 aromatic carbocycles. The van der Waals surface area contributed by atoms with E-state index in [1.54, 1.807) is 6.92 Å². The van der Waals surface area contributed by atoms with Crippen LogP contribution in [0.1, 0.15) is 43.2 Å². The molecule has 1 amide bonds. The van der Waals surface area contributed by atoms with Gasteiger partial charge in [0.05, 0.1) is 11.5 Å². The molecule has 122 valence electrons. The lowest BCUT2D eigenvalue weighted by Crippen LogP contribution is -2.55. The summed E-state index contributed by atoms with van der Waals surface area (Å²) >= 11 is 0. The molecule has 2 rings (SSSR count). The summed E-state index contributed by atoms with van der Waals surface area (Å²) in [6, 6.07) is 2.48. The van der Waals surface area contributed by atoms with Gasteiger partial charge in [-0.1, -0.05) is 12.8 Å². The Hall–Kier alpha value is -1.83. The Morgan fingerprint density at radius 3 is 2.59 bits per heavy atom. The molecule has 1 fully saturated rings. The zero-order chi connectivity index (χ0) is 16.5. The van der Waals surface area contributed by atoms with Crippen molar-refractivity contribution < 1.29 is 27.5 Å². The van der Waals surface area contributed by atoms with Crippen molar-refractivity contribution in [3.63, 3.8) is 0 Å². The van der Waals surface area contributed by atoms with Gasteiger partial charge in [0.25, 0.3) is 5.91 Å². The molecule has 8 heteroatoms. The Morgan fingerprint density at radius 1 is 1.36 bits per heavy atom. The topological polar surface area (TPSA) is 114 Å². The average molecular weight is 329 g/mol. The second-order valence-electron chi connectivity index (χ2n) is 5.90. The summed E-state index contributed by atoms with van der Waals surface area (Å²) in [4.78, 5) is 23.6. The number of carbonyl (C=O) groups is 2. The Bertz CT molecular complexity index is 692. The molecule has 0 spiro atoms. The molecule has 1 aromatic heterocycles. The molecule has 1 aromatic rings. The van der Waals surface area contributed by atoms with Gasteiger partial charge in [-0.2, -0.15) is 0 Å². The van der Waals surface area contributed by atoms with Crippen molar-refractivity contribution in [3.8, 4) is 0 Å². The maximum Gasteiger partial charge on any atom is 0.308 e. The van der Waals surface area contributed by atoms with Crippen LogP contribution in [-0.2, 0) is 14.6 Å². The summed E-state index contributed by atoms with van der Waals surface area (Å²) in [6.07, 6.45) is 3.67. The molecule has 0 unspecified atom stereocenters. The van der Waals surface area contributed by atoms with E-state index in [2.05, 4.69) is 5.32 Å². The first-order valence-corrected chi connectivity index (χ1v) is 8.88. The van der Waals surface area contributed by atoms with Crippen molar-refractivity contribution in [2.24, 2.45) is 5.92 Å². The summed E-state index contributed by atoms with van der Waals surface area (Å²) in [5.41, 5.74) is -0.876. The van der Waals surface area contributed by atoms with Crippen LogP contribution in [0.3, 0.4) is 0 Å². The fourth-order valence-electron chi connectivity index (χ4n) is 2.84. The molecule has 7 nitrogen and oxygen atoms in total. The molecule has 22 heavy (non-hydrogen) atoms. The number of amides is 1. The van der Waals surface area contributed by atoms with Gasteiger partial charge in [0.2, 0.25) is 14.9 Å². The van der Waals surface area contributed by atoms with Gasteiger partial charge in [-0.3, -0.25) is 9.59 Å². The highest BCUT2D eigenvalue weighted by molar-refractivity contribution is 7.90. The van der Waals surface area contributed by atoms with Gasteiger partial charge in [0, 0.05) is 6.26 Å². The van der Waals surface area contributed by atoms with E-state index in [4.69, 9.17) is 4.42 Å². The first kappa shape index (κ1) is 16.5. The van der Waals surface area contributed by atoms with Crippen molar-refractivity contribution in [1.29, 1.82) is 0 Å². The number of sulfone groups is 1. The van der Waals surface area contributed by atoms with Crippen molar-refractivity contribution in [3.05, 3.63) is 17.9 Å². The van der Waals surface area contributed by atoms with Gasteiger partial charge in [-0.25, -0.2) is 8.42 Å². The number of hydrogen-bond donors (Lipinski definition) is 2. The number of carboxylic acid groups (broad SMARTS) is 1.